The summed E-state index contributed by atoms with van der Waals surface area (Å²) in [6.45, 7) is 5.82. The number of carbonyl (C=O) groups is 2. The number of hydrogen-bond donors (Lipinski definition) is 5. The van der Waals surface area contributed by atoms with Gasteiger partial charge in [-0.3, -0.25) is 25.5 Å². The van der Waals surface area contributed by atoms with E-state index in [4.69, 9.17) is 5.73 Å². The van der Waals surface area contributed by atoms with Gasteiger partial charge in [0.2, 0.25) is 11.9 Å². The number of aliphatic imine (C=N–C) groups is 1. The Labute approximate surface area is 203 Å². The molecule has 0 bridgehead atoms. The van der Waals surface area contributed by atoms with E-state index in [9.17, 15) is 18.4 Å². The summed E-state index contributed by atoms with van der Waals surface area (Å²) in [6, 6.07) is 10.9. The van der Waals surface area contributed by atoms with E-state index in [-0.39, 0.29) is 18.5 Å². The Kier molecular flexibility index (Phi) is 15.9. The van der Waals surface area contributed by atoms with Crippen molar-refractivity contribution in [2.75, 3.05) is 19.4 Å². The van der Waals surface area contributed by atoms with E-state index in [1.165, 1.54) is 25.1 Å². The molecule has 0 radical (unpaired) electrons. The van der Waals surface area contributed by atoms with Gasteiger partial charge in [-0.05, 0) is 55.4 Å². The topological polar surface area (TPSA) is 138 Å². The largest absolute Gasteiger partial charge is 0.333 e. The molecule has 0 aromatic heterocycles. The zero-order chi connectivity index (χ0) is 26.1. The first-order valence-corrected chi connectivity index (χ1v) is 11.3. The number of hydrogen-bond acceptors (Lipinski definition) is 9. The van der Waals surface area contributed by atoms with Gasteiger partial charge in [0, 0.05) is 24.1 Å². The van der Waals surface area contributed by atoms with Crippen LogP contribution in [0.5, 0.6) is 0 Å². The van der Waals surface area contributed by atoms with Gasteiger partial charge in [-0.25, -0.2) is 13.8 Å². The molecule has 3 rings (SSSR count). The highest BCUT2D eigenvalue weighted by Gasteiger charge is 2.18. The highest BCUT2D eigenvalue weighted by atomic mass is 32.2. The van der Waals surface area contributed by atoms with Crippen molar-refractivity contribution in [3.05, 3.63) is 59.7 Å². The minimum atomic E-state index is -0.824. The molecular weight excluding hydrogens is 464 g/mol. The highest BCUT2D eigenvalue weighted by molar-refractivity contribution is 7.98. The van der Waals surface area contributed by atoms with Crippen molar-refractivity contribution in [1.29, 1.82) is 0 Å². The number of anilines is 1. The van der Waals surface area contributed by atoms with Crippen LogP contribution in [0.15, 0.2) is 52.4 Å². The van der Waals surface area contributed by atoms with Crippen molar-refractivity contribution in [1.82, 2.24) is 15.2 Å². The van der Waals surface area contributed by atoms with Crippen LogP contribution in [-0.2, 0) is 4.79 Å². The lowest BCUT2D eigenvalue weighted by Gasteiger charge is -2.13. The summed E-state index contributed by atoms with van der Waals surface area (Å²) in [6.07, 6.45) is 0.257. The fourth-order valence-corrected chi connectivity index (χ4v) is 2.74. The summed E-state index contributed by atoms with van der Waals surface area (Å²) in [5.41, 5.74) is 13.6. The normalized spacial score (nSPS) is 13.9. The van der Waals surface area contributed by atoms with Gasteiger partial charge in [0.25, 0.3) is 0 Å². The first kappa shape index (κ1) is 30.9. The lowest BCUT2D eigenvalue weighted by atomic mass is 10.2. The summed E-state index contributed by atoms with van der Waals surface area (Å²) in [7, 11) is 3.32. The third kappa shape index (κ3) is 10.7. The zero-order valence-corrected chi connectivity index (χ0v) is 20.7. The molecule has 1 aliphatic rings. The van der Waals surface area contributed by atoms with Crippen LogP contribution in [0, 0.1) is 11.6 Å². The molecule has 2 aromatic rings. The predicted octanol–water partition coefficient (Wildman–Crippen LogP) is 3.06. The number of carbonyl (C=O) groups excluding carboxylic acids is 2. The third-order valence-corrected chi connectivity index (χ3v) is 4.62. The molecule has 34 heavy (non-hydrogen) atoms. The second-order valence-electron chi connectivity index (χ2n) is 6.00. The van der Waals surface area contributed by atoms with E-state index in [0.717, 1.165) is 22.7 Å². The van der Waals surface area contributed by atoms with Crippen molar-refractivity contribution in [2.45, 2.75) is 38.4 Å². The number of rotatable bonds is 5. The first-order chi connectivity index (χ1) is 16.3. The molecular formula is C22H33F2N7O2S. The lowest BCUT2D eigenvalue weighted by molar-refractivity contribution is -0.118. The molecule has 0 saturated carbocycles. The molecule has 7 N–H and O–H groups in total. The monoisotopic (exact) mass is 497 g/mol. The maximum atomic E-state index is 12.4. The number of guanidine groups is 1. The Morgan fingerprint density at radius 2 is 1.74 bits per heavy atom. The van der Waals surface area contributed by atoms with Crippen molar-refractivity contribution in [2.24, 2.45) is 16.5 Å². The van der Waals surface area contributed by atoms with E-state index >= 15 is 0 Å². The quantitative estimate of drug-likeness (QED) is 0.314. The van der Waals surface area contributed by atoms with Gasteiger partial charge < -0.3 is 11.1 Å². The van der Waals surface area contributed by atoms with Crippen LogP contribution in [0.3, 0.4) is 0 Å². The third-order valence-electron chi connectivity index (χ3n) is 3.78. The molecule has 12 heteroatoms. The van der Waals surface area contributed by atoms with E-state index in [1.54, 1.807) is 5.01 Å². The van der Waals surface area contributed by atoms with Crippen molar-refractivity contribution < 1.29 is 18.4 Å². The van der Waals surface area contributed by atoms with Gasteiger partial charge in [0.05, 0.1) is 5.56 Å². The van der Waals surface area contributed by atoms with E-state index in [2.05, 4.69) is 26.2 Å². The number of benzene rings is 2. The Bertz CT molecular complexity index is 894. The Balaban J connectivity index is 0.000000653. The summed E-state index contributed by atoms with van der Waals surface area (Å²) in [4.78, 5) is 26.3. The molecule has 1 amide bonds. The molecule has 1 heterocycles. The fourth-order valence-electron chi connectivity index (χ4n) is 2.10. The fraction of sp³-hybridized carbons (Fsp3) is 0.318. The molecule has 1 atom stereocenters. The number of aldehydes is 1. The molecule has 0 fully saturated rings. The first-order valence-electron chi connectivity index (χ1n) is 10.5. The summed E-state index contributed by atoms with van der Waals surface area (Å²) >= 11 is 1.30. The van der Waals surface area contributed by atoms with Crippen molar-refractivity contribution in [3.8, 4) is 0 Å². The van der Waals surface area contributed by atoms with Gasteiger partial charge in [-0.2, -0.15) is 5.01 Å². The van der Waals surface area contributed by atoms with Crippen LogP contribution in [0.1, 0.15) is 37.6 Å². The molecule has 1 unspecified atom stereocenters. The van der Waals surface area contributed by atoms with Crippen LogP contribution < -0.4 is 26.9 Å². The van der Waals surface area contributed by atoms with Crippen LogP contribution in [0.2, 0.25) is 0 Å². The Morgan fingerprint density at radius 1 is 1.18 bits per heavy atom. The van der Waals surface area contributed by atoms with Gasteiger partial charge in [0.1, 0.15) is 11.6 Å². The number of amides is 1. The second kappa shape index (κ2) is 17.4. The van der Waals surface area contributed by atoms with Crippen LogP contribution >= 0.6 is 11.9 Å². The predicted molar refractivity (Wildman–Crippen MR) is 134 cm³/mol. The smallest absolute Gasteiger partial charge is 0.229 e. The number of nitrogens with zero attached hydrogens (tertiary/aromatic N) is 2. The molecule has 9 nitrogen and oxygen atoms in total. The summed E-state index contributed by atoms with van der Waals surface area (Å²) < 4.78 is 27.5. The highest BCUT2D eigenvalue weighted by Crippen LogP contribution is 2.18. The van der Waals surface area contributed by atoms with Crippen LogP contribution in [0.4, 0.5) is 14.5 Å². The molecule has 2 aromatic carbocycles. The minimum Gasteiger partial charge on any atom is -0.333 e. The molecule has 188 valence electrons. The molecule has 0 saturated heterocycles. The number of nitrogens with two attached hydrogens (primary N) is 2. The number of hydrazine groups is 1. The number of nitrogens with one attached hydrogen (secondary N) is 3. The van der Waals surface area contributed by atoms with Crippen LogP contribution in [0.25, 0.3) is 0 Å². The minimum absolute atomic E-state index is 0.0127. The average molecular weight is 498 g/mol. The standard InChI is InChI=1S/C12H18N6OS.C7H4F2O.C2H6.CH5N/c1-3-10(19)17-20-9-6-4-8(5-7-9)14-12-15-11(13)18(2)16-12;8-6-2-1-3-7(9)5(6)4-10;2*1-2/h4-7,11H,3,13H2,1-2H3,(H,17,19)(H2,14,15,16);1-4H;1-2H3;2H2,1H3. The van der Waals surface area contributed by atoms with E-state index < -0.39 is 17.2 Å². The lowest BCUT2D eigenvalue weighted by Crippen LogP contribution is -2.42. The zero-order valence-electron chi connectivity index (χ0n) is 19.9. The van der Waals surface area contributed by atoms with Crippen molar-refractivity contribution in [3.63, 3.8) is 0 Å². The number of halogens is 2. The average Bonchev–Trinajstić information content (AvgIpc) is 3.18. The summed E-state index contributed by atoms with van der Waals surface area (Å²) in [5.74, 6) is -1.02. The van der Waals surface area contributed by atoms with Crippen molar-refractivity contribution >= 4 is 35.8 Å². The maximum Gasteiger partial charge on any atom is 0.229 e. The van der Waals surface area contributed by atoms with E-state index in [1.807, 2.05) is 52.1 Å². The SMILES string of the molecule is CC.CCC(=O)NSc1ccc(NC2=NC(N)N(C)N2)cc1.CN.O=Cc1c(F)cccc1F. The van der Waals surface area contributed by atoms with E-state index in [0.29, 0.717) is 12.4 Å². The molecule has 0 spiro atoms. The van der Waals surface area contributed by atoms with Gasteiger partial charge >= 0.3 is 0 Å². The van der Waals surface area contributed by atoms with Crippen LogP contribution in [-0.4, -0.2) is 43.5 Å². The molecule has 0 aliphatic carbocycles. The maximum absolute atomic E-state index is 12.4. The summed E-state index contributed by atoms with van der Waals surface area (Å²) in [5, 5.41) is 4.83. The van der Waals surface area contributed by atoms with Gasteiger partial charge in [-0.1, -0.05) is 26.8 Å². The Morgan fingerprint density at radius 3 is 2.15 bits per heavy atom. The van der Waals surface area contributed by atoms with Gasteiger partial charge in [-0.15, -0.1) is 0 Å². The Hall–Kier alpha value is -3.06. The second-order valence-corrected chi connectivity index (χ2v) is 6.88. The molecule has 1 aliphatic heterocycles. The van der Waals surface area contributed by atoms with Gasteiger partial charge in [0.15, 0.2) is 12.6 Å².